The van der Waals surface area contributed by atoms with Crippen molar-refractivity contribution in [3.05, 3.63) is 46.6 Å². The zero-order chi connectivity index (χ0) is 18.4. The molecule has 6 heteroatoms. The van der Waals surface area contributed by atoms with Crippen molar-refractivity contribution in [3.8, 4) is 11.8 Å². The standard InChI is InChI=1S/C19H19ClN4O/c1-19(2)18(25)24(4)17(23-19)13-22-12-15(11-21-3)9-8-14-6-5-7-16(20)10-14/h5-7,10-12H,3,13H2,1-2,4H3/b15-11-,22-12-. The number of hydrogen-bond donors (Lipinski definition) is 0. The quantitative estimate of drug-likeness (QED) is 0.605. The minimum Gasteiger partial charge on any atom is -0.300 e. The highest BCUT2D eigenvalue weighted by Crippen LogP contribution is 2.20. The first kappa shape index (κ1) is 18.6. The van der Waals surface area contributed by atoms with Gasteiger partial charge in [-0.1, -0.05) is 29.5 Å². The van der Waals surface area contributed by atoms with Crippen LogP contribution in [0.4, 0.5) is 0 Å². The normalized spacial score (nSPS) is 16.6. The molecule has 0 aromatic heterocycles. The van der Waals surface area contributed by atoms with E-state index < -0.39 is 5.54 Å². The van der Waals surface area contributed by atoms with Crippen molar-refractivity contribution in [1.29, 1.82) is 0 Å². The lowest BCUT2D eigenvalue weighted by molar-refractivity contribution is -0.129. The van der Waals surface area contributed by atoms with Gasteiger partial charge in [-0.25, -0.2) is 0 Å². The maximum absolute atomic E-state index is 12.0. The molecule has 1 aliphatic heterocycles. The number of carbonyl (C=O) groups excluding carboxylic acids is 1. The van der Waals surface area contributed by atoms with Gasteiger partial charge in [-0.3, -0.25) is 19.8 Å². The molecule has 1 aromatic rings. The number of nitrogens with zero attached hydrogens (tertiary/aromatic N) is 4. The fourth-order valence-corrected chi connectivity index (χ4v) is 2.44. The highest BCUT2D eigenvalue weighted by molar-refractivity contribution is 6.30. The molecule has 0 N–H and O–H groups in total. The van der Waals surface area contributed by atoms with Gasteiger partial charge in [-0.2, -0.15) is 0 Å². The molecule has 1 aliphatic rings. The van der Waals surface area contributed by atoms with Crippen LogP contribution in [0.15, 0.2) is 51.0 Å². The summed E-state index contributed by atoms with van der Waals surface area (Å²) in [6.45, 7) is 7.30. The van der Waals surface area contributed by atoms with E-state index in [0.717, 1.165) is 5.56 Å². The van der Waals surface area contributed by atoms with E-state index in [-0.39, 0.29) is 5.91 Å². The van der Waals surface area contributed by atoms with Crippen LogP contribution in [0.2, 0.25) is 5.02 Å². The smallest absolute Gasteiger partial charge is 0.255 e. The van der Waals surface area contributed by atoms with E-state index >= 15 is 0 Å². The van der Waals surface area contributed by atoms with E-state index in [1.807, 2.05) is 12.1 Å². The molecule has 0 bridgehead atoms. The molecule has 1 amide bonds. The first-order valence-corrected chi connectivity index (χ1v) is 8.01. The van der Waals surface area contributed by atoms with Gasteiger partial charge in [0, 0.05) is 30.0 Å². The fraction of sp³-hybridized carbons (Fsp3) is 0.263. The summed E-state index contributed by atoms with van der Waals surface area (Å²) in [6.07, 6.45) is 3.12. The summed E-state index contributed by atoms with van der Waals surface area (Å²) in [4.78, 5) is 26.0. The number of rotatable bonds is 4. The molecule has 0 atom stereocenters. The SMILES string of the molecule is C=N/C=C(C#Cc1cccc(Cl)c1)\C=N/CC1=NC(C)(C)C(=O)N1C. The Bertz CT molecular complexity index is 840. The van der Waals surface area contributed by atoms with Gasteiger partial charge in [0.1, 0.15) is 11.4 Å². The Kier molecular flexibility index (Phi) is 5.89. The van der Waals surface area contributed by atoms with Crippen molar-refractivity contribution in [2.75, 3.05) is 13.6 Å². The van der Waals surface area contributed by atoms with Crippen molar-refractivity contribution in [2.24, 2.45) is 15.0 Å². The molecule has 2 rings (SSSR count). The number of allylic oxidation sites excluding steroid dienone is 1. The molecular weight excluding hydrogens is 336 g/mol. The number of aliphatic imine (C=N–C) groups is 3. The second-order valence-corrected chi connectivity index (χ2v) is 6.38. The van der Waals surface area contributed by atoms with Gasteiger partial charge in [-0.05, 0) is 38.8 Å². The Morgan fingerprint density at radius 1 is 1.48 bits per heavy atom. The Morgan fingerprint density at radius 2 is 2.24 bits per heavy atom. The minimum atomic E-state index is -0.729. The van der Waals surface area contributed by atoms with Crippen molar-refractivity contribution in [2.45, 2.75) is 19.4 Å². The van der Waals surface area contributed by atoms with Gasteiger partial charge >= 0.3 is 0 Å². The lowest BCUT2D eigenvalue weighted by Crippen LogP contribution is -2.36. The summed E-state index contributed by atoms with van der Waals surface area (Å²) in [5.41, 5.74) is 0.665. The van der Waals surface area contributed by atoms with Crippen LogP contribution in [0.1, 0.15) is 19.4 Å². The molecule has 0 unspecified atom stereocenters. The summed E-state index contributed by atoms with van der Waals surface area (Å²) in [5.74, 6) is 6.56. The summed E-state index contributed by atoms with van der Waals surface area (Å²) >= 11 is 5.94. The highest BCUT2D eigenvalue weighted by atomic mass is 35.5. The maximum atomic E-state index is 12.0. The van der Waals surface area contributed by atoms with Crippen molar-refractivity contribution in [1.82, 2.24) is 4.90 Å². The van der Waals surface area contributed by atoms with Gasteiger partial charge < -0.3 is 4.90 Å². The van der Waals surface area contributed by atoms with E-state index in [2.05, 4.69) is 33.5 Å². The molecule has 0 saturated heterocycles. The summed E-state index contributed by atoms with van der Waals surface area (Å²) < 4.78 is 0. The maximum Gasteiger partial charge on any atom is 0.255 e. The van der Waals surface area contributed by atoms with Gasteiger partial charge in [0.25, 0.3) is 5.91 Å². The van der Waals surface area contributed by atoms with Crippen LogP contribution in [0.5, 0.6) is 0 Å². The van der Waals surface area contributed by atoms with Crippen LogP contribution >= 0.6 is 11.6 Å². The summed E-state index contributed by atoms with van der Waals surface area (Å²) in [6, 6.07) is 7.27. The predicted octanol–water partition coefficient (Wildman–Crippen LogP) is 3.00. The van der Waals surface area contributed by atoms with Crippen LogP contribution in [0, 0.1) is 11.8 Å². The molecular formula is C19H19ClN4O. The lowest BCUT2D eigenvalue weighted by atomic mass is 10.1. The van der Waals surface area contributed by atoms with Gasteiger partial charge in [-0.15, -0.1) is 0 Å². The van der Waals surface area contributed by atoms with Gasteiger partial charge in [0.15, 0.2) is 0 Å². The van der Waals surface area contributed by atoms with Crippen LogP contribution in [-0.4, -0.2) is 48.7 Å². The molecule has 1 aromatic carbocycles. The van der Waals surface area contributed by atoms with Crippen LogP contribution in [-0.2, 0) is 4.79 Å². The summed E-state index contributed by atoms with van der Waals surface area (Å²) in [5, 5.41) is 0.627. The van der Waals surface area contributed by atoms with Crippen LogP contribution < -0.4 is 0 Å². The van der Waals surface area contributed by atoms with Crippen molar-refractivity contribution >= 4 is 36.3 Å². The Balaban J connectivity index is 2.11. The fourth-order valence-electron chi connectivity index (χ4n) is 2.25. The number of likely N-dealkylation sites (N-methyl/N-ethyl adjacent to an activating group) is 1. The first-order valence-electron chi connectivity index (χ1n) is 7.64. The monoisotopic (exact) mass is 354 g/mol. The Labute approximate surface area is 152 Å². The molecule has 0 aliphatic carbocycles. The van der Waals surface area contributed by atoms with Crippen LogP contribution in [0.3, 0.4) is 0 Å². The molecule has 0 radical (unpaired) electrons. The number of amides is 1. The van der Waals surface area contributed by atoms with Crippen molar-refractivity contribution in [3.63, 3.8) is 0 Å². The number of halogens is 1. The largest absolute Gasteiger partial charge is 0.300 e. The van der Waals surface area contributed by atoms with E-state index in [1.165, 1.54) is 11.1 Å². The number of amidine groups is 1. The molecule has 25 heavy (non-hydrogen) atoms. The third-order valence-electron chi connectivity index (χ3n) is 3.49. The number of benzene rings is 1. The Morgan fingerprint density at radius 3 is 2.84 bits per heavy atom. The second kappa shape index (κ2) is 7.91. The molecule has 0 saturated carbocycles. The van der Waals surface area contributed by atoms with E-state index in [0.29, 0.717) is 23.0 Å². The third kappa shape index (κ3) is 4.88. The molecule has 1 heterocycles. The summed E-state index contributed by atoms with van der Waals surface area (Å²) in [7, 11) is 1.70. The number of hydrogen-bond acceptors (Lipinski definition) is 4. The average Bonchev–Trinajstić information content (AvgIpc) is 2.75. The van der Waals surface area contributed by atoms with Gasteiger partial charge in [0.2, 0.25) is 0 Å². The van der Waals surface area contributed by atoms with E-state index in [9.17, 15) is 4.79 Å². The highest BCUT2D eigenvalue weighted by Gasteiger charge is 2.38. The van der Waals surface area contributed by atoms with Crippen LogP contribution in [0.25, 0.3) is 0 Å². The molecule has 5 nitrogen and oxygen atoms in total. The Hall–Kier alpha value is -2.71. The average molecular weight is 355 g/mol. The van der Waals surface area contributed by atoms with Crippen molar-refractivity contribution < 1.29 is 4.79 Å². The molecule has 0 spiro atoms. The molecule has 0 fully saturated rings. The van der Waals surface area contributed by atoms with E-state index in [4.69, 9.17) is 11.6 Å². The topological polar surface area (TPSA) is 57.4 Å². The second-order valence-electron chi connectivity index (χ2n) is 5.95. The lowest BCUT2D eigenvalue weighted by Gasteiger charge is -2.14. The van der Waals surface area contributed by atoms with Gasteiger partial charge in [0.05, 0.1) is 12.1 Å². The first-order chi connectivity index (χ1) is 11.8. The number of carbonyl (C=O) groups is 1. The van der Waals surface area contributed by atoms with E-state index in [1.54, 1.807) is 39.2 Å². The zero-order valence-corrected chi connectivity index (χ0v) is 15.2. The minimum absolute atomic E-state index is 0.0398. The third-order valence-corrected chi connectivity index (χ3v) is 3.73. The zero-order valence-electron chi connectivity index (χ0n) is 14.5. The molecule has 128 valence electrons. The predicted molar refractivity (Wildman–Crippen MR) is 104 cm³/mol.